The molecule has 1 unspecified atom stereocenters. The zero-order valence-electron chi connectivity index (χ0n) is 13.3. The van der Waals surface area contributed by atoms with Crippen molar-refractivity contribution in [2.75, 3.05) is 6.54 Å². The number of nitrogens with zero attached hydrogens (tertiary/aromatic N) is 1. The van der Waals surface area contributed by atoms with E-state index in [1.165, 1.54) is 5.56 Å². The zero-order valence-corrected chi connectivity index (χ0v) is 13.3. The van der Waals surface area contributed by atoms with E-state index in [-0.39, 0.29) is 11.8 Å². The lowest BCUT2D eigenvalue weighted by Gasteiger charge is -2.49. The van der Waals surface area contributed by atoms with Crippen molar-refractivity contribution in [1.29, 1.82) is 0 Å². The maximum absolute atomic E-state index is 12.7. The molecular weight excluding hydrogens is 264 g/mol. The molecule has 1 saturated heterocycles. The standard InChI is InChI=1S/C17H24N2O2/c1-5-17(4)14(20)18-16(2,3)15(21)19(17)12-11-13-9-7-6-8-10-13/h6-10H,5,11-12H2,1-4H3,(H,18,20). The number of rotatable bonds is 4. The highest BCUT2D eigenvalue weighted by Crippen LogP contribution is 2.29. The number of nitrogens with one attached hydrogen (secondary N) is 1. The fourth-order valence-corrected chi connectivity index (χ4v) is 2.74. The summed E-state index contributed by atoms with van der Waals surface area (Å²) in [5, 5.41) is 2.84. The van der Waals surface area contributed by atoms with Crippen molar-refractivity contribution in [2.24, 2.45) is 0 Å². The molecule has 1 aliphatic heterocycles. The first-order chi connectivity index (χ1) is 9.81. The predicted molar refractivity (Wildman–Crippen MR) is 82.8 cm³/mol. The van der Waals surface area contributed by atoms with Crippen LogP contribution in [0.2, 0.25) is 0 Å². The van der Waals surface area contributed by atoms with Crippen LogP contribution >= 0.6 is 0 Å². The lowest BCUT2D eigenvalue weighted by atomic mass is 9.86. The third-order valence-corrected chi connectivity index (χ3v) is 4.45. The highest BCUT2D eigenvalue weighted by molar-refractivity contribution is 6.01. The minimum atomic E-state index is -0.831. The van der Waals surface area contributed by atoms with Gasteiger partial charge in [0.1, 0.15) is 11.1 Å². The molecule has 0 bridgehead atoms. The molecule has 0 aromatic heterocycles. The van der Waals surface area contributed by atoms with Crippen LogP contribution in [0.1, 0.15) is 39.7 Å². The van der Waals surface area contributed by atoms with Gasteiger partial charge in [-0.05, 0) is 39.2 Å². The van der Waals surface area contributed by atoms with Crippen LogP contribution in [0.4, 0.5) is 0 Å². The summed E-state index contributed by atoms with van der Waals surface area (Å²) in [5.41, 5.74) is -0.420. The van der Waals surface area contributed by atoms with Gasteiger partial charge in [0.15, 0.2) is 0 Å². The van der Waals surface area contributed by atoms with E-state index in [1.54, 1.807) is 18.7 Å². The number of carbonyl (C=O) groups is 2. The smallest absolute Gasteiger partial charge is 0.248 e. The van der Waals surface area contributed by atoms with Gasteiger partial charge >= 0.3 is 0 Å². The van der Waals surface area contributed by atoms with Gasteiger partial charge in [0.25, 0.3) is 0 Å². The normalized spacial score (nSPS) is 24.9. The first kappa shape index (κ1) is 15.5. The maximum Gasteiger partial charge on any atom is 0.248 e. The Balaban J connectivity index is 2.23. The van der Waals surface area contributed by atoms with Gasteiger partial charge in [-0.25, -0.2) is 0 Å². The lowest BCUT2D eigenvalue weighted by Crippen LogP contribution is -2.73. The molecule has 1 aromatic rings. The van der Waals surface area contributed by atoms with Crippen molar-refractivity contribution >= 4 is 11.8 Å². The maximum atomic E-state index is 12.7. The van der Waals surface area contributed by atoms with Crippen molar-refractivity contribution < 1.29 is 9.59 Å². The average Bonchev–Trinajstić information content (AvgIpc) is 2.46. The monoisotopic (exact) mass is 288 g/mol. The number of hydrogen-bond acceptors (Lipinski definition) is 2. The predicted octanol–water partition coefficient (Wildman–Crippen LogP) is 2.13. The highest BCUT2D eigenvalue weighted by atomic mass is 16.2. The molecule has 114 valence electrons. The summed E-state index contributed by atoms with van der Waals surface area (Å²) in [7, 11) is 0. The topological polar surface area (TPSA) is 49.4 Å². The number of hydrogen-bond donors (Lipinski definition) is 1. The Bertz CT molecular complexity index is 539. The van der Waals surface area contributed by atoms with Crippen LogP contribution in [0.15, 0.2) is 30.3 Å². The lowest BCUT2D eigenvalue weighted by molar-refractivity contribution is -0.160. The van der Waals surface area contributed by atoms with Crippen LogP contribution in [-0.4, -0.2) is 34.3 Å². The van der Waals surface area contributed by atoms with Crippen LogP contribution < -0.4 is 5.32 Å². The Morgan fingerprint density at radius 3 is 2.29 bits per heavy atom. The van der Waals surface area contributed by atoms with Gasteiger partial charge in [-0.15, -0.1) is 0 Å². The van der Waals surface area contributed by atoms with Crippen LogP contribution in [0.5, 0.6) is 0 Å². The van der Waals surface area contributed by atoms with E-state index in [1.807, 2.05) is 44.2 Å². The summed E-state index contributed by atoms with van der Waals surface area (Å²) in [6, 6.07) is 10.0. The molecule has 4 heteroatoms. The van der Waals surface area contributed by atoms with Gasteiger partial charge in [-0.1, -0.05) is 37.3 Å². The van der Waals surface area contributed by atoms with Crippen molar-refractivity contribution in [3.63, 3.8) is 0 Å². The molecule has 1 fully saturated rings. The van der Waals surface area contributed by atoms with Crippen molar-refractivity contribution in [3.8, 4) is 0 Å². The molecule has 2 rings (SSSR count). The minimum absolute atomic E-state index is 0.0117. The van der Waals surface area contributed by atoms with Gasteiger partial charge in [-0.2, -0.15) is 0 Å². The van der Waals surface area contributed by atoms with Gasteiger partial charge in [0.05, 0.1) is 0 Å². The van der Waals surface area contributed by atoms with E-state index < -0.39 is 11.1 Å². The molecule has 0 radical (unpaired) electrons. The molecular formula is C17H24N2O2. The number of benzene rings is 1. The summed E-state index contributed by atoms with van der Waals surface area (Å²) in [6.07, 6.45) is 1.36. The Morgan fingerprint density at radius 1 is 1.10 bits per heavy atom. The summed E-state index contributed by atoms with van der Waals surface area (Å²) < 4.78 is 0. The Kier molecular flexibility index (Phi) is 4.08. The van der Waals surface area contributed by atoms with E-state index in [0.29, 0.717) is 13.0 Å². The Labute approximate surface area is 126 Å². The third-order valence-electron chi connectivity index (χ3n) is 4.45. The van der Waals surface area contributed by atoms with Crippen LogP contribution in [-0.2, 0) is 16.0 Å². The van der Waals surface area contributed by atoms with Gasteiger partial charge in [0, 0.05) is 6.54 Å². The molecule has 4 nitrogen and oxygen atoms in total. The third kappa shape index (κ3) is 2.80. The number of amides is 2. The van der Waals surface area contributed by atoms with E-state index in [4.69, 9.17) is 0 Å². The summed E-state index contributed by atoms with van der Waals surface area (Å²) in [5.74, 6) is -0.0787. The van der Waals surface area contributed by atoms with Crippen LogP contribution in [0, 0.1) is 0 Å². The van der Waals surface area contributed by atoms with Crippen molar-refractivity contribution in [2.45, 2.75) is 51.6 Å². The summed E-state index contributed by atoms with van der Waals surface area (Å²) in [6.45, 7) is 7.88. The molecule has 1 heterocycles. The van der Waals surface area contributed by atoms with E-state index in [0.717, 1.165) is 6.42 Å². The molecule has 2 amide bonds. The molecule has 0 spiro atoms. The Hall–Kier alpha value is -1.84. The molecule has 0 saturated carbocycles. The SMILES string of the molecule is CCC1(C)C(=O)NC(C)(C)C(=O)N1CCc1ccccc1. The number of piperazine rings is 1. The molecule has 21 heavy (non-hydrogen) atoms. The first-order valence-corrected chi connectivity index (χ1v) is 7.50. The highest BCUT2D eigenvalue weighted by Gasteiger charge is 2.51. The number of carbonyl (C=O) groups excluding carboxylic acids is 2. The van der Waals surface area contributed by atoms with Gasteiger partial charge in [-0.3, -0.25) is 9.59 Å². The Morgan fingerprint density at radius 2 is 1.71 bits per heavy atom. The quantitative estimate of drug-likeness (QED) is 0.922. The second-order valence-electron chi connectivity index (χ2n) is 6.40. The average molecular weight is 288 g/mol. The van der Waals surface area contributed by atoms with E-state index >= 15 is 0 Å². The van der Waals surface area contributed by atoms with Gasteiger partial charge in [0.2, 0.25) is 11.8 Å². The second kappa shape index (κ2) is 5.51. The molecule has 1 N–H and O–H groups in total. The molecule has 1 aliphatic rings. The fraction of sp³-hybridized carbons (Fsp3) is 0.529. The first-order valence-electron chi connectivity index (χ1n) is 7.50. The molecule has 1 atom stereocenters. The van der Waals surface area contributed by atoms with E-state index in [2.05, 4.69) is 5.32 Å². The zero-order chi connectivity index (χ0) is 15.7. The van der Waals surface area contributed by atoms with E-state index in [9.17, 15) is 9.59 Å². The van der Waals surface area contributed by atoms with Crippen molar-refractivity contribution in [1.82, 2.24) is 10.2 Å². The molecule has 1 aromatic carbocycles. The summed E-state index contributed by atoms with van der Waals surface area (Å²) in [4.78, 5) is 26.9. The van der Waals surface area contributed by atoms with Crippen LogP contribution in [0.3, 0.4) is 0 Å². The van der Waals surface area contributed by atoms with Gasteiger partial charge < -0.3 is 10.2 Å². The van der Waals surface area contributed by atoms with Crippen molar-refractivity contribution in [3.05, 3.63) is 35.9 Å². The minimum Gasteiger partial charge on any atom is -0.340 e. The summed E-state index contributed by atoms with van der Waals surface area (Å²) >= 11 is 0. The molecule has 0 aliphatic carbocycles. The van der Waals surface area contributed by atoms with Crippen LogP contribution in [0.25, 0.3) is 0 Å². The largest absolute Gasteiger partial charge is 0.340 e. The fourth-order valence-electron chi connectivity index (χ4n) is 2.74. The second-order valence-corrected chi connectivity index (χ2v) is 6.40.